The maximum Gasteiger partial charge on any atom is 0.274 e. The van der Waals surface area contributed by atoms with Gasteiger partial charge in [-0.3, -0.25) is 9.48 Å². The molecular formula is C25H27N3O3S. The molecule has 7 heteroatoms. The zero-order valence-electron chi connectivity index (χ0n) is 18.4. The molecule has 1 fully saturated rings. The highest BCUT2D eigenvalue weighted by molar-refractivity contribution is 7.91. The molecule has 5 rings (SSSR count). The Labute approximate surface area is 188 Å². The van der Waals surface area contributed by atoms with Crippen molar-refractivity contribution in [2.45, 2.75) is 39.3 Å². The van der Waals surface area contributed by atoms with Gasteiger partial charge in [-0.2, -0.15) is 5.10 Å². The largest absolute Gasteiger partial charge is 0.333 e. The fourth-order valence-corrected chi connectivity index (χ4v) is 6.38. The van der Waals surface area contributed by atoms with Gasteiger partial charge in [0, 0.05) is 18.7 Å². The zero-order chi connectivity index (χ0) is 22.5. The van der Waals surface area contributed by atoms with Crippen molar-refractivity contribution < 1.29 is 13.2 Å². The van der Waals surface area contributed by atoms with Gasteiger partial charge in [-0.15, -0.1) is 0 Å². The third-order valence-corrected chi connectivity index (χ3v) is 8.48. The van der Waals surface area contributed by atoms with Crippen molar-refractivity contribution in [3.8, 4) is 11.3 Å². The van der Waals surface area contributed by atoms with Crippen LogP contribution in [0.4, 0.5) is 0 Å². The first-order valence-electron chi connectivity index (χ1n) is 11.0. The van der Waals surface area contributed by atoms with Crippen molar-refractivity contribution in [2.75, 3.05) is 18.1 Å². The lowest BCUT2D eigenvalue weighted by Crippen LogP contribution is -2.36. The summed E-state index contributed by atoms with van der Waals surface area (Å²) in [5.74, 6) is 0.122. The van der Waals surface area contributed by atoms with Crippen LogP contribution in [-0.2, 0) is 22.8 Å². The van der Waals surface area contributed by atoms with Gasteiger partial charge < -0.3 is 4.90 Å². The van der Waals surface area contributed by atoms with Crippen molar-refractivity contribution in [2.24, 2.45) is 0 Å². The molecule has 0 aliphatic carbocycles. The molecule has 0 bridgehead atoms. The van der Waals surface area contributed by atoms with Crippen LogP contribution in [0.25, 0.3) is 11.3 Å². The number of benzene rings is 2. The second-order valence-electron chi connectivity index (χ2n) is 8.96. The van der Waals surface area contributed by atoms with Gasteiger partial charge >= 0.3 is 0 Å². The molecule has 1 saturated heterocycles. The molecule has 32 heavy (non-hydrogen) atoms. The summed E-state index contributed by atoms with van der Waals surface area (Å²) in [5.41, 5.74) is 6.92. The van der Waals surface area contributed by atoms with Crippen molar-refractivity contribution in [3.63, 3.8) is 0 Å². The maximum absolute atomic E-state index is 13.4. The molecule has 3 heterocycles. The molecule has 6 nitrogen and oxygen atoms in total. The molecule has 0 saturated carbocycles. The van der Waals surface area contributed by atoms with Crippen LogP contribution in [0.5, 0.6) is 0 Å². The number of nitrogens with zero attached hydrogens (tertiary/aromatic N) is 3. The number of amides is 1. The Kier molecular flexibility index (Phi) is 5.16. The van der Waals surface area contributed by atoms with Gasteiger partial charge in [0.05, 0.1) is 23.2 Å². The molecule has 3 aromatic rings. The second kappa shape index (κ2) is 7.89. The predicted octanol–water partition coefficient (Wildman–Crippen LogP) is 3.73. The Morgan fingerprint density at radius 2 is 1.81 bits per heavy atom. The Morgan fingerprint density at radius 1 is 1.03 bits per heavy atom. The van der Waals surface area contributed by atoms with Crippen LogP contribution in [0.3, 0.4) is 0 Å². The van der Waals surface area contributed by atoms with E-state index >= 15 is 0 Å². The summed E-state index contributed by atoms with van der Waals surface area (Å²) in [7, 11) is -3.08. The summed E-state index contributed by atoms with van der Waals surface area (Å²) in [6, 6.07) is 15.9. The van der Waals surface area contributed by atoms with E-state index in [1.165, 1.54) is 16.7 Å². The lowest BCUT2D eigenvalue weighted by atomic mass is 9.99. The summed E-state index contributed by atoms with van der Waals surface area (Å²) in [4.78, 5) is 15.2. The number of aromatic nitrogens is 2. The highest BCUT2D eigenvalue weighted by atomic mass is 32.2. The molecule has 0 N–H and O–H groups in total. The predicted molar refractivity (Wildman–Crippen MR) is 124 cm³/mol. The molecule has 1 amide bonds. The Balaban J connectivity index is 1.52. The average molecular weight is 450 g/mol. The first kappa shape index (κ1) is 20.9. The Hall–Kier alpha value is -2.93. The third kappa shape index (κ3) is 3.86. The number of rotatable bonds is 3. The summed E-state index contributed by atoms with van der Waals surface area (Å²) >= 11 is 0. The van der Waals surface area contributed by atoms with Gasteiger partial charge in [0.15, 0.2) is 15.5 Å². The molecule has 2 aromatic carbocycles. The highest BCUT2D eigenvalue weighted by Crippen LogP contribution is 2.31. The van der Waals surface area contributed by atoms with E-state index in [2.05, 4.69) is 43.2 Å². The van der Waals surface area contributed by atoms with Gasteiger partial charge in [-0.05, 0) is 61.1 Å². The molecule has 166 valence electrons. The van der Waals surface area contributed by atoms with Crippen LogP contribution < -0.4 is 0 Å². The minimum Gasteiger partial charge on any atom is -0.333 e. The number of hydrogen-bond donors (Lipinski definition) is 0. The van der Waals surface area contributed by atoms with E-state index in [1.54, 1.807) is 4.68 Å². The summed E-state index contributed by atoms with van der Waals surface area (Å²) in [6.45, 7) is 5.33. The summed E-state index contributed by atoms with van der Waals surface area (Å²) in [5, 5.41) is 4.68. The Morgan fingerprint density at radius 3 is 2.53 bits per heavy atom. The van der Waals surface area contributed by atoms with Gasteiger partial charge in [-0.1, -0.05) is 36.4 Å². The number of carbonyl (C=O) groups excluding carboxylic acids is 1. The second-order valence-corrected chi connectivity index (χ2v) is 11.2. The first-order chi connectivity index (χ1) is 15.3. The van der Waals surface area contributed by atoms with Crippen LogP contribution in [0.1, 0.15) is 45.2 Å². The van der Waals surface area contributed by atoms with Gasteiger partial charge in [-0.25, -0.2) is 8.42 Å². The van der Waals surface area contributed by atoms with E-state index < -0.39 is 9.84 Å². The van der Waals surface area contributed by atoms with Crippen molar-refractivity contribution in [1.82, 2.24) is 14.7 Å². The smallest absolute Gasteiger partial charge is 0.274 e. The standard InChI is InChI=1S/C25H27N3O3S/c1-17-7-8-20(13-18(17)2)24-14-23(26-28(24)22-10-12-32(30,31)16-22)25(29)27-11-9-19-5-3-4-6-21(19)15-27/h3-8,13-14,22H,9-12,15-16H2,1-2H3/t22-/m0/s1. The molecular weight excluding hydrogens is 422 g/mol. The van der Waals surface area contributed by atoms with E-state index in [9.17, 15) is 13.2 Å². The van der Waals surface area contributed by atoms with E-state index in [4.69, 9.17) is 0 Å². The average Bonchev–Trinajstić information content (AvgIpc) is 3.38. The normalized spacial score (nSPS) is 19.7. The summed E-state index contributed by atoms with van der Waals surface area (Å²) < 4.78 is 26.1. The molecule has 0 unspecified atom stereocenters. The van der Waals surface area contributed by atoms with Crippen LogP contribution in [0, 0.1) is 13.8 Å². The maximum atomic E-state index is 13.4. The molecule has 2 aliphatic rings. The number of aryl methyl sites for hydroxylation is 2. The van der Waals surface area contributed by atoms with Crippen LogP contribution in [0.15, 0.2) is 48.5 Å². The Bertz CT molecular complexity index is 1310. The van der Waals surface area contributed by atoms with Gasteiger partial charge in [0.2, 0.25) is 0 Å². The van der Waals surface area contributed by atoms with E-state index in [1.807, 2.05) is 29.2 Å². The molecule has 1 atom stereocenters. The van der Waals surface area contributed by atoms with Gasteiger partial charge in [0.25, 0.3) is 5.91 Å². The molecule has 2 aliphatic heterocycles. The third-order valence-electron chi connectivity index (χ3n) is 6.73. The van der Waals surface area contributed by atoms with E-state index in [0.717, 1.165) is 23.2 Å². The lowest BCUT2D eigenvalue weighted by molar-refractivity contribution is 0.0727. The van der Waals surface area contributed by atoms with Crippen LogP contribution in [0.2, 0.25) is 0 Å². The summed E-state index contributed by atoms with van der Waals surface area (Å²) in [6.07, 6.45) is 1.35. The topological polar surface area (TPSA) is 72.3 Å². The van der Waals surface area contributed by atoms with E-state index in [0.29, 0.717) is 25.2 Å². The first-order valence-corrected chi connectivity index (χ1v) is 12.9. The molecule has 1 aromatic heterocycles. The zero-order valence-corrected chi connectivity index (χ0v) is 19.2. The SMILES string of the molecule is Cc1ccc(-c2cc(C(=O)N3CCc4ccccc4C3)nn2[C@H]2CCS(=O)(=O)C2)cc1C. The fraction of sp³-hybridized carbons (Fsp3) is 0.360. The fourth-order valence-electron chi connectivity index (χ4n) is 4.69. The highest BCUT2D eigenvalue weighted by Gasteiger charge is 2.33. The number of sulfone groups is 1. The van der Waals surface area contributed by atoms with Gasteiger partial charge in [0.1, 0.15) is 0 Å². The monoisotopic (exact) mass is 449 g/mol. The van der Waals surface area contributed by atoms with Crippen molar-refractivity contribution >= 4 is 15.7 Å². The lowest BCUT2D eigenvalue weighted by Gasteiger charge is -2.28. The molecule has 0 spiro atoms. The quantitative estimate of drug-likeness (QED) is 0.611. The van der Waals surface area contributed by atoms with Crippen molar-refractivity contribution in [1.29, 1.82) is 0 Å². The van der Waals surface area contributed by atoms with E-state index in [-0.39, 0.29) is 23.5 Å². The minimum atomic E-state index is -3.08. The molecule has 0 radical (unpaired) electrons. The number of hydrogen-bond acceptors (Lipinski definition) is 4. The van der Waals surface area contributed by atoms with Crippen LogP contribution in [-0.4, -0.2) is 47.1 Å². The van der Waals surface area contributed by atoms with Crippen LogP contribution >= 0.6 is 0 Å². The number of carbonyl (C=O) groups is 1. The minimum absolute atomic E-state index is 0.0667. The van der Waals surface area contributed by atoms with Crippen molar-refractivity contribution in [3.05, 3.63) is 76.5 Å². The number of fused-ring (bicyclic) bond motifs is 1.